The van der Waals surface area contributed by atoms with Crippen molar-refractivity contribution in [2.75, 3.05) is 13.6 Å². The maximum atomic E-state index is 11.6. The van der Waals surface area contributed by atoms with E-state index in [1.54, 1.807) is 6.92 Å². The Morgan fingerprint density at radius 2 is 2.38 bits per heavy atom. The van der Waals surface area contributed by atoms with Crippen LogP contribution < -0.4 is 0 Å². The lowest BCUT2D eigenvalue weighted by Crippen LogP contribution is -2.33. The van der Waals surface area contributed by atoms with E-state index in [0.29, 0.717) is 5.71 Å². The van der Waals surface area contributed by atoms with Crippen LogP contribution >= 0.6 is 0 Å². The molecule has 1 aliphatic rings. The normalized spacial score (nSPS) is 25.1. The highest BCUT2D eigenvalue weighted by Crippen LogP contribution is 2.16. The van der Waals surface area contributed by atoms with Crippen LogP contribution in [-0.2, 0) is 4.79 Å². The zero-order valence-corrected chi connectivity index (χ0v) is 8.16. The lowest BCUT2D eigenvalue weighted by atomic mass is 10.1. The molecule has 0 aromatic heterocycles. The first-order valence-corrected chi connectivity index (χ1v) is 4.55. The van der Waals surface area contributed by atoms with E-state index in [-0.39, 0.29) is 18.2 Å². The lowest BCUT2D eigenvalue weighted by Gasteiger charge is -2.17. The van der Waals surface area contributed by atoms with Crippen molar-refractivity contribution >= 4 is 11.5 Å². The zero-order chi connectivity index (χ0) is 9.84. The number of rotatable bonds is 3. The van der Waals surface area contributed by atoms with E-state index in [1.165, 1.54) is 0 Å². The number of nitrogens with zero attached hydrogens (tertiary/aromatic N) is 2. The molecule has 1 atom stereocenters. The van der Waals surface area contributed by atoms with Crippen LogP contribution in [0.3, 0.4) is 0 Å². The first-order chi connectivity index (χ1) is 6.15. The van der Waals surface area contributed by atoms with Crippen LogP contribution in [0, 0.1) is 0 Å². The molecular formula is C9H16N2O2. The van der Waals surface area contributed by atoms with Crippen molar-refractivity contribution in [1.82, 2.24) is 4.90 Å². The summed E-state index contributed by atoms with van der Waals surface area (Å²) in [6.07, 6.45) is 2.29. The highest BCUT2D eigenvalue weighted by atomic mass is 16.4. The number of hydrogen-bond donors (Lipinski definition) is 1. The molecule has 4 heteroatoms. The average molecular weight is 184 g/mol. The molecule has 1 aliphatic heterocycles. The van der Waals surface area contributed by atoms with Crippen LogP contribution in [0.4, 0.5) is 0 Å². The highest BCUT2D eigenvalue weighted by molar-refractivity contribution is 6.02. The van der Waals surface area contributed by atoms with E-state index in [0.717, 1.165) is 19.4 Å². The van der Waals surface area contributed by atoms with Crippen LogP contribution in [0.5, 0.6) is 0 Å². The first-order valence-electron chi connectivity index (χ1n) is 4.55. The van der Waals surface area contributed by atoms with Gasteiger partial charge in [0, 0.05) is 6.42 Å². The second kappa shape index (κ2) is 4.37. The second-order valence-corrected chi connectivity index (χ2v) is 3.62. The van der Waals surface area contributed by atoms with Crippen molar-refractivity contribution in [2.45, 2.75) is 32.2 Å². The van der Waals surface area contributed by atoms with Crippen LogP contribution in [0.2, 0.25) is 0 Å². The number of carbonyl (C=O) groups excluding carboxylic acids is 1. The summed E-state index contributed by atoms with van der Waals surface area (Å²) in [5.74, 6) is 0.162. The summed E-state index contributed by atoms with van der Waals surface area (Å²) in [5, 5.41) is 11.4. The minimum atomic E-state index is 0.0386. The van der Waals surface area contributed by atoms with Gasteiger partial charge in [0.25, 0.3) is 0 Å². The van der Waals surface area contributed by atoms with Crippen molar-refractivity contribution in [3.8, 4) is 0 Å². The van der Waals surface area contributed by atoms with Gasteiger partial charge in [-0.15, -0.1) is 0 Å². The maximum Gasteiger partial charge on any atom is 0.155 e. The second-order valence-electron chi connectivity index (χ2n) is 3.62. The minimum Gasteiger partial charge on any atom is -0.411 e. The molecule has 1 rings (SSSR count). The van der Waals surface area contributed by atoms with Crippen molar-refractivity contribution in [1.29, 1.82) is 0 Å². The molecule has 0 spiro atoms. The van der Waals surface area contributed by atoms with Crippen LogP contribution in [0.25, 0.3) is 0 Å². The molecule has 0 bridgehead atoms. The Kier molecular flexibility index (Phi) is 3.42. The topological polar surface area (TPSA) is 52.9 Å². The molecule has 1 N–H and O–H groups in total. The van der Waals surface area contributed by atoms with Gasteiger partial charge in [-0.2, -0.15) is 0 Å². The zero-order valence-electron chi connectivity index (χ0n) is 8.16. The number of oxime groups is 1. The van der Waals surface area contributed by atoms with Crippen LogP contribution in [0.15, 0.2) is 5.16 Å². The SMILES string of the molecule is CC(CC(=O)C1CCCN1C)=NO. The fraction of sp³-hybridized carbons (Fsp3) is 0.778. The van der Waals surface area contributed by atoms with E-state index in [1.807, 2.05) is 7.05 Å². The monoisotopic (exact) mass is 184 g/mol. The Labute approximate surface area is 78.2 Å². The van der Waals surface area contributed by atoms with Crippen LogP contribution in [-0.4, -0.2) is 41.2 Å². The number of Topliss-reactive ketones (excluding diaryl/α,β-unsaturated/α-hetero) is 1. The van der Waals surface area contributed by atoms with Gasteiger partial charge in [-0.05, 0) is 33.4 Å². The molecule has 1 fully saturated rings. The van der Waals surface area contributed by atoms with E-state index in [4.69, 9.17) is 5.21 Å². The number of carbonyl (C=O) groups is 1. The molecule has 1 heterocycles. The van der Waals surface area contributed by atoms with Gasteiger partial charge in [-0.1, -0.05) is 5.16 Å². The minimum absolute atomic E-state index is 0.0386. The quantitative estimate of drug-likeness (QED) is 0.402. The molecule has 0 radical (unpaired) electrons. The third-order valence-electron chi connectivity index (χ3n) is 2.49. The first kappa shape index (κ1) is 10.2. The van der Waals surface area contributed by atoms with E-state index >= 15 is 0 Å². The van der Waals surface area contributed by atoms with Crippen molar-refractivity contribution in [3.05, 3.63) is 0 Å². The summed E-state index contributed by atoms with van der Waals surface area (Å²) in [6.45, 7) is 2.65. The van der Waals surface area contributed by atoms with Gasteiger partial charge < -0.3 is 5.21 Å². The third kappa shape index (κ3) is 2.52. The van der Waals surface area contributed by atoms with Gasteiger partial charge >= 0.3 is 0 Å². The van der Waals surface area contributed by atoms with E-state index in [9.17, 15) is 4.79 Å². The number of likely N-dealkylation sites (tertiary alicyclic amines) is 1. The average Bonchev–Trinajstić information content (AvgIpc) is 2.51. The van der Waals surface area contributed by atoms with Gasteiger partial charge in [0.15, 0.2) is 5.78 Å². The van der Waals surface area contributed by atoms with Gasteiger partial charge in [0.2, 0.25) is 0 Å². The van der Waals surface area contributed by atoms with Crippen molar-refractivity contribution < 1.29 is 10.0 Å². The largest absolute Gasteiger partial charge is 0.411 e. The predicted molar refractivity (Wildman–Crippen MR) is 50.2 cm³/mol. The van der Waals surface area contributed by atoms with E-state index in [2.05, 4.69) is 10.1 Å². The summed E-state index contributed by atoms with van der Waals surface area (Å²) in [7, 11) is 1.96. The van der Waals surface area contributed by atoms with Gasteiger partial charge in [-0.3, -0.25) is 9.69 Å². The molecule has 4 nitrogen and oxygen atoms in total. The molecule has 0 amide bonds. The summed E-state index contributed by atoms with van der Waals surface area (Å²) in [4.78, 5) is 13.7. The fourth-order valence-corrected chi connectivity index (χ4v) is 1.72. The molecule has 13 heavy (non-hydrogen) atoms. The van der Waals surface area contributed by atoms with Gasteiger partial charge in [0.05, 0.1) is 11.8 Å². The Balaban J connectivity index is 2.48. The number of hydrogen-bond acceptors (Lipinski definition) is 4. The molecular weight excluding hydrogens is 168 g/mol. The Bertz CT molecular complexity index is 226. The Hall–Kier alpha value is -0.900. The Morgan fingerprint density at radius 1 is 1.69 bits per heavy atom. The molecule has 0 aromatic rings. The number of ketones is 1. The van der Waals surface area contributed by atoms with E-state index < -0.39 is 0 Å². The molecule has 0 aromatic carbocycles. The Morgan fingerprint density at radius 3 is 2.85 bits per heavy atom. The van der Waals surface area contributed by atoms with Gasteiger partial charge in [-0.25, -0.2) is 0 Å². The number of likely N-dealkylation sites (N-methyl/N-ethyl adjacent to an activating group) is 1. The van der Waals surface area contributed by atoms with Crippen molar-refractivity contribution in [2.24, 2.45) is 5.16 Å². The fourth-order valence-electron chi connectivity index (χ4n) is 1.72. The van der Waals surface area contributed by atoms with Gasteiger partial charge in [0.1, 0.15) is 0 Å². The molecule has 74 valence electrons. The van der Waals surface area contributed by atoms with Crippen molar-refractivity contribution in [3.63, 3.8) is 0 Å². The smallest absolute Gasteiger partial charge is 0.155 e. The summed E-state index contributed by atoms with van der Waals surface area (Å²) < 4.78 is 0. The maximum absolute atomic E-state index is 11.6. The standard InChI is InChI=1S/C9H16N2O2/c1-7(10-13)6-9(12)8-4-3-5-11(8)2/h8,13H,3-6H2,1-2H3. The third-order valence-corrected chi connectivity index (χ3v) is 2.49. The predicted octanol–water partition coefficient (Wildman–Crippen LogP) is 0.890. The molecule has 1 unspecified atom stereocenters. The molecule has 0 saturated carbocycles. The lowest BCUT2D eigenvalue weighted by molar-refractivity contribution is -0.121. The summed E-state index contributed by atoms with van der Waals surface area (Å²) in [6, 6.07) is 0.0386. The summed E-state index contributed by atoms with van der Waals surface area (Å²) >= 11 is 0. The summed E-state index contributed by atoms with van der Waals surface area (Å²) in [5.41, 5.74) is 0.491. The molecule has 1 saturated heterocycles. The van der Waals surface area contributed by atoms with Crippen LogP contribution in [0.1, 0.15) is 26.2 Å². The highest BCUT2D eigenvalue weighted by Gasteiger charge is 2.27. The molecule has 0 aliphatic carbocycles.